The molecular weight excluding hydrogens is 1090 g/mol. The molecule has 1 unspecified atom stereocenters. The predicted octanol–water partition coefficient (Wildman–Crippen LogP) is 7.61. The van der Waals surface area contributed by atoms with E-state index in [1.165, 1.54) is 13.2 Å². The fourth-order valence-electron chi connectivity index (χ4n) is 9.52. The first kappa shape index (κ1) is 66.8. The van der Waals surface area contributed by atoms with Gasteiger partial charge in [-0.3, -0.25) is 39.1 Å². The molecule has 0 spiro atoms. The Morgan fingerprint density at radius 1 is 0.963 bits per heavy atom. The summed E-state index contributed by atoms with van der Waals surface area (Å²) in [6.07, 6.45) is 6.94. The number of carbonyl (C=O) groups excluding carboxylic acids is 7. The summed E-state index contributed by atoms with van der Waals surface area (Å²) in [5.74, 6) is -2.62. The smallest absolute Gasteiger partial charge is 0.347 e. The van der Waals surface area contributed by atoms with Crippen LogP contribution < -0.4 is 32.0 Å². The molecule has 2 fully saturated rings. The zero-order chi connectivity index (χ0) is 59.2. The third-order valence-corrected chi connectivity index (χ3v) is 18.5. The van der Waals surface area contributed by atoms with E-state index >= 15 is 0 Å². The molecule has 0 aromatic heterocycles. The number of epoxide rings is 1. The van der Waals surface area contributed by atoms with Crippen LogP contribution >= 0.6 is 33.2 Å². The summed E-state index contributed by atoms with van der Waals surface area (Å²) in [4.78, 5) is 97.3. The first-order valence-electron chi connectivity index (χ1n) is 28.6. The molecule has 3 aliphatic rings. The van der Waals surface area contributed by atoms with E-state index in [0.717, 1.165) is 55.8 Å². The molecule has 2 aromatic carbocycles. The number of benzene rings is 2. The van der Waals surface area contributed by atoms with E-state index in [2.05, 4.69) is 71.1 Å². The Morgan fingerprint density at radius 3 is 2.35 bits per heavy atom. The average molecular weight is 1180 g/mol. The Bertz CT molecular complexity index is 2460. The van der Waals surface area contributed by atoms with Crippen LogP contribution in [0.3, 0.4) is 0 Å². The van der Waals surface area contributed by atoms with Crippen molar-refractivity contribution in [3.05, 3.63) is 89.0 Å². The zero-order valence-electron chi connectivity index (χ0n) is 48.6. The van der Waals surface area contributed by atoms with E-state index in [4.69, 9.17) is 36.3 Å². The highest BCUT2D eigenvalue weighted by Gasteiger charge is 2.48. The third kappa shape index (κ3) is 22.3. The number of nitrogens with one attached hydrogen (secondary N) is 4. The number of nitrogens with zero attached hydrogens (tertiary/aromatic N) is 2. The fraction of sp³-hybridized carbons (Fsp3) is 0.617. The molecule has 0 bridgehead atoms. The van der Waals surface area contributed by atoms with Gasteiger partial charge in [0.2, 0.25) is 23.6 Å². The lowest BCUT2D eigenvalue weighted by atomic mass is 9.93. The lowest BCUT2D eigenvalue weighted by molar-refractivity contribution is -0.176. The number of piperazine rings is 1. The molecule has 21 heteroatoms. The molecule has 0 saturated carbocycles. The van der Waals surface area contributed by atoms with Gasteiger partial charge in [0.15, 0.2) is 11.9 Å². The Kier molecular flexibility index (Phi) is 27.5. The van der Waals surface area contributed by atoms with Crippen LogP contribution in [0.5, 0.6) is 5.75 Å². The summed E-state index contributed by atoms with van der Waals surface area (Å²) < 4.78 is 23.4. The molecule has 3 aliphatic heterocycles. The second-order valence-electron chi connectivity index (χ2n) is 22.6. The monoisotopic (exact) mass is 1180 g/mol. The van der Waals surface area contributed by atoms with Gasteiger partial charge in [0, 0.05) is 87.3 Å². The maximum absolute atomic E-state index is 13.9. The third-order valence-electron chi connectivity index (χ3n) is 14.8. The molecule has 3 heterocycles. The Labute approximate surface area is 492 Å². The van der Waals surface area contributed by atoms with Crippen molar-refractivity contribution in [2.45, 2.75) is 160 Å². The lowest BCUT2D eigenvalue weighted by Crippen LogP contribution is -2.49. The second-order valence-corrected chi connectivity index (χ2v) is 26.1. The summed E-state index contributed by atoms with van der Waals surface area (Å²) in [5, 5.41) is 5.89. The van der Waals surface area contributed by atoms with Crippen molar-refractivity contribution in [1.82, 2.24) is 31.3 Å². The first-order valence-corrected chi connectivity index (χ1v) is 31.2. The van der Waals surface area contributed by atoms with Gasteiger partial charge in [0.1, 0.15) is 24.0 Å². The van der Waals surface area contributed by atoms with Gasteiger partial charge in [0.05, 0.1) is 30.2 Å². The van der Waals surface area contributed by atoms with Crippen molar-refractivity contribution in [1.29, 1.82) is 0 Å². The van der Waals surface area contributed by atoms with Gasteiger partial charge in [-0.2, -0.15) is 0 Å². The molecular formula is C60H88ClN7O11S2. The Balaban J connectivity index is 1.08. The molecule has 0 radical (unpaired) electrons. The van der Waals surface area contributed by atoms with Crippen molar-refractivity contribution < 1.29 is 52.5 Å². The number of Topliss-reactive ketones (excluding diaryl/α,β-unsaturated/α-hetero) is 1. The van der Waals surface area contributed by atoms with Crippen LogP contribution in [0.2, 0.25) is 5.02 Å². The van der Waals surface area contributed by atoms with Crippen molar-refractivity contribution in [3.63, 3.8) is 0 Å². The highest BCUT2D eigenvalue weighted by molar-refractivity contribution is 8.77. The van der Waals surface area contributed by atoms with Crippen LogP contribution in [0, 0.1) is 23.7 Å². The molecule has 448 valence electrons. The minimum absolute atomic E-state index is 0.00694. The number of unbranched alkanes of at least 4 members (excludes halogenated alkanes) is 1. The average Bonchev–Trinajstić information content (AvgIpc) is 4.37. The topological polar surface area (TPSA) is 240 Å². The number of hydrogen-bond acceptors (Lipinski definition) is 16. The van der Waals surface area contributed by atoms with E-state index in [0.29, 0.717) is 61.7 Å². The number of rotatable bonds is 28. The van der Waals surface area contributed by atoms with Gasteiger partial charge in [0.25, 0.3) is 0 Å². The molecule has 2 aromatic rings. The number of methoxy groups -OCH3 is 1. The number of hydrazine groups is 1. The molecule has 4 amide bonds. The van der Waals surface area contributed by atoms with Gasteiger partial charge in [-0.15, -0.1) is 6.58 Å². The van der Waals surface area contributed by atoms with Gasteiger partial charge in [-0.25, -0.2) is 10.2 Å². The van der Waals surface area contributed by atoms with Gasteiger partial charge in [-0.05, 0) is 93.3 Å². The first-order chi connectivity index (χ1) is 38.6. The van der Waals surface area contributed by atoms with Gasteiger partial charge in [-0.1, -0.05) is 117 Å². The van der Waals surface area contributed by atoms with Crippen molar-refractivity contribution >= 4 is 74.5 Å². The largest absolute Gasteiger partial charge is 0.495 e. The number of halogens is 1. The van der Waals surface area contributed by atoms with Gasteiger partial charge < -0.3 is 40.2 Å². The fourth-order valence-corrected chi connectivity index (χ4v) is 12.5. The van der Waals surface area contributed by atoms with Crippen LogP contribution in [-0.2, 0) is 60.7 Å². The number of carbonyl (C=O) groups is 7. The minimum atomic E-state index is -1.18. The molecule has 9 atom stereocenters. The van der Waals surface area contributed by atoms with Crippen LogP contribution in [-0.4, -0.2) is 138 Å². The number of cyclic esters (lactones) is 2. The standard InChI is InChI=1S/C60H88ClN7O11S2/c1-10-39(4)54(72)46(15-11-12-27-62)65-66-52(70)18-14-32-80-81-60(7,8)26-25-53(71)68-30-28-67(29-31-68)37-42-19-22-44(23-20-42)56-55(79-56)41(6)48-16-13-17-51(69)64-47(35-43-21-24-49(76-9)45(61)34-43)57(73)63-36-40(5)58(74)78-50(33-38(2)3)59(75)77-48/h10,13,17,19-24,34,38-41,46-48,50,55-56,65H,1,11-12,14-16,18,25-33,35-37,62H2,2-9H3,(H,63,73)(H,64,69)(H,66,70)/b17-13+/t39?,40-,41+,46+,47-,48+,50+,55-,56-/m1/s1. The molecule has 81 heavy (non-hydrogen) atoms. The number of esters is 2. The predicted molar refractivity (Wildman–Crippen MR) is 319 cm³/mol. The van der Waals surface area contributed by atoms with Crippen LogP contribution in [0.4, 0.5) is 0 Å². The molecule has 5 rings (SSSR count). The highest BCUT2D eigenvalue weighted by atomic mass is 35.5. The zero-order valence-corrected chi connectivity index (χ0v) is 51.0. The summed E-state index contributed by atoms with van der Waals surface area (Å²) in [7, 11) is 4.95. The highest BCUT2D eigenvalue weighted by Crippen LogP contribution is 2.45. The summed E-state index contributed by atoms with van der Waals surface area (Å²) in [6, 6.07) is 11.9. The Morgan fingerprint density at radius 2 is 1.68 bits per heavy atom. The van der Waals surface area contributed by atoms with Gasteiger partial charge >= 0.3 is 11.9 Å². The summed E-state index contributed by atoms with van der Waals surface area (Å²) in [6.45, 7) is 21.2. The molecule has 2 saturated heterocycles. The molecule has 0 aliphatic carbocycles. The maximum Gasteiger partial charge on any atom is 0.347 e. The van der Waals surface area contributed by atoms with E-state index in [1.807, 2.05) is 25.7 Å². The number of nitrogens with two attached hydrogens (primary N) is 1. The summed E-state index contributed by atoms with van der Waals surface area (Å²) >= 11 is 6.38. The normalized spacial score (nSPS) is 23.0. The Hall–Kier alpha value is -4.96. The van der Waals surface area contributed by atoms with Crippen molar-refractivity contribution in [2.24, 2.45) is 29.4 Å². The number of allylic oxidation sites excluding steroid dienone is 1. The van der Waals surface area contributed by atoms with E-state index in [1.54, 1.807) is 65.8 Å². The number of ether oxygens (including phenoxy) is 4. The molecule has 18 nitrogen and oxygen atoms in total. The van der Waals surface area contributed by atoms with Crippen LogP contribution in [0.15, 0.2) is 67.3 Å². The van der Waals surface area contributed by atoms with Crippen LogP contribution in [0.1, 0.15) is 129 Å². The lowest BCUT2D eigenvalue weighted by Gasteiger charge is -2.35. The number of amides is 4. The second kappa shape index (κ2) is 33.4. The van der Waals surface area contributed by atoms with E-state index in [9.17, 15) is 33.6 Å². The van der Waals surface area contributed by atoms with Crippen LogP contribution in [0.25, 0.3) is 0 Å². The summed E-state index contributed by atoms with van der Waals surface area (Å²) in [5.41, 5.74) is 14.1. The quantitative estimate of drug-likeness (QED) is 0.0138. The van der Waals surface area contributed by atoms with E-state index < -0.39 is 54.0 Å². The molecule has 6 N–H and O–H groups in total. The van der Waals surface area contributed by atoms with Crippen molar-refractivity contribution in [3.8, 4) is 5.75 Å². The minimum Gasteiger partial charge on any atom is -0.495 e. The van der Waals surface area contributed by atoms with E-state index in [-0.39, 0.29) is 78.1 Å². The van der Waals surface area contributed by atoms with Crippen molar-refractivity contribution in [2.75, 3.05) is 52.1 Å². The number of ketones is 1. The SMILES string of the molecule is C=CC(C)C(=O)[C@H](CCCCN)NNC(=O)CCCSSC(C)(C)CCC(=O)N1CCN(Cc2ccc([C@H]3O[C@@H]3[C@@H](C)[C@@H]3C/C=C/C(=O)N[C@H](Cc4ccc(OC)c(Cl)c4)C(=O)NC[C@@H](C)C(=O)O[C@@H](CC(C)C)C(=O)O3)cc2)CC1. The number of hydrogen-bond donors (Lipinski definition) is 5. The maximum atomic E-state index is 13.9.